The van der Waals surface area contributed by atoms with E-state index in [-0.39, 0.29) is 29.1 Å². The third-order valence-electron chi connectivity index (χ3n) is 3.66. The third kappa shape index (κ3) is 4.86. The second kappa shape index (κ2) is 7.97. The molecular formula is C16H13Cl2F3N4O2. The van der Waals surface area contributed by atoms with Gasteiger partial charge in [-0.25, -0.2) is 9.97 Å². The van der Waals surface area contributed by atoms with Gasteiger partial charge in [-0.3, -0.25) is 4.79 Å². The van der Waals surface area contributed by atoms with Crippen molar-refractivity contribution in [3.8, 4) is 0 Å². The second-order valence-corrected chi connectivity index (χ2v) is 6.54. The van der Waals surface area contributed by atoms with Gasteiger partial charge in [-0.15, -0.1) is 0 Å². The summed E-state index contributed by atoms with van der Waals surface area (Å²) < 4.78 is 45.6. The van der Waals surface area contributed by atoms with Crippen LogP contribution in [-0.2, 0) is 10.9 Å². The fourth-order valence-electron chi connectivity index (χ4n) is 2.50. The number of halogens is 5. The Labute approximate surface area is 162 Å². The number of morpholine rings is 1. The van der Waals surface area contributed by atoms with E-state index >= 15 is 0 Å². The smallest absolute Gasteiger partial charge is 0.367 e. The molecule has 1 aliphatic rings. The lowest BCUT2D eigenvalue weighted by molar-refractivity contribution is -0.141. The average Bonchev–Trinajstić information content (AvgIpc) is 2.60. The van der Waals surface area contributed by atoms with Gasteiger partial charge in [0.1, 0.15) is 6.10 Å². The van der Waals surface area contributed by atoms with E-state index < -0.39 is 29.3 Å². The van der Waals surface area contributed by atoms with Crippen LogP contribution >= 0.6 is 23.2 Å². The van der Waals surface area contributed by atoms with Crippen LogP contribution in [0, 0.1) is 0 Å². The Morgan fingerprint density at radius 3 is 2.56 bits per heavy atom. The summed E-state index contributed by atoms with van der Waals surface area (Å²) in [4.78, 5) is 19.7. The maximum atomic E-state index is 13.5. The SMILES string of the molecule is O=C(c1cnc(Nc2cc(Cl)cc(Cl)c2)nc1C(F)(F)F)C1CNCCO1. The fourth-order valence-corrected chi connectivity index (χ4v) is 3.03. The number of carbonyl (C=O) groups excluding carboxylic acids is 1. The summed E-state index contributed by atoms with van der Waals surface area (Å²) in [6, 6.07) is 4.37. The molecule has 1 unspecified atom stereocenters. The van der Waals surface area contributed by atoms with E-state index in [1.165, 1.54) is 18.2 Å². The first-order valence-electron chi connectivity index (χ1n) is 7.78. The zero-order valence-corrected chi connectivity index (χ0v) is 15.1. The fraction of sp³-hybridized carbons (Fsp3) is 0.312. The normalized spacial score (nSPS) is 17.6. The van der Waals surface area contributed by atoms with Crippen molar-refractivity contribution >= 4 is 40.6 Å². The number of benzene rings is 1. The molecule has 2 N–H and O–H groups in total. The molecular weight excluding hydrogens is 408 g/mol. The number of ether oxygens (including phenoxy) is 1. The lowest BCUT2D eigenvalue weighted by Gasteiger charge is -2.23. The topological polar surface area (TPSA) is 76.1 Å². The number of carbonyl (C=O) groups is 1. The van der Waals surface area contributed by atoms with Gasteiger partial charge in [0.15, 0.2) is 11.5 Å². The third-order valence-corrected chi connectivity index (χ3v) is 4.10. The largest absolute Gasteiger partial charge is 0.434 e. The van der Waals surface area contributed by atoms with E-state index in [0.717, 1.165) is 6.20 Å². The summed E-state index contributed by atoms with van der Waals surface area (Å²) in [5.41, 5.74) is -1.68. The highest BCUT2D eigenvalue weighted by Crippen LogP contribution is 2.32. The van der Waals surface area contributed by atoms with Crippen molar-refractivity contribution in [2.75, 3.05) is 25.0 Å². The minimum Gasteiger partial charge on any atom is -0.367 e. The van der Waals surface area contributed by atoms with E-state index in [1.807, 2.05) is 0 Å². The number of rotatable bonds is 4. The number of hydrogen-bond donors (Lipinski definition) is 2. The average molecular weight is 421 g/mol. The molecule has 1 aliphatic heterocycles. The molecule has 0 bridgehead atoms. The number of anilines is 2. The van der Waals surface area contributed by atoms with Gasteiger partial charge < -0.3 is 15.4 Å². The zero-order chi connectivity index (χ0) is 19.6. The molecule has 0 radical (unpaired) electrons. The van der Waals surface area contributed by atoms with Gasteiger partial charge in [0.2, 0.25) is 5.95 Å². The van der Waals surface area contributed by atoms with E-state index in [0.29, 0.717) is 12.2 Å². The van der Waals surface area contributed by atoms with Gasteiger partial charge >= 0.3 is 6.18 Å². The summed E-state index contributed by atoms with van der Waals surface area (Å²) in [6.45, 7) is 0.877. The van der Waals surface area contributed by atoms with Crippen LogP contribution in [0.1, 0.15) is 16.1 Å². The molecule has 1 saturated heterocycles. The van der Waals surface area contributed by atoms with E-state index in [9.17, 15) is 18.0 Å². The Morgan fingerprint density at radius 1 is 1.26 bits per heavy atom. The molecule has 2 heterocycles. The van der Waals surface area contributed by atoms with Gasteiger partial charge in [-0.05, 0) is 18.2 Å². The van der Waals surface area contributed by atoms with Crippen molar-refractivity contribution < 1.29 is 22.7 Å². The van der Waals surface area contributed by atoms with Crippen LogP contribution in [0.15, 0.2) is 24.4 Å². The summed E-state index contributed by atoms with van der Waals surface area (Å²) in [7, 11) is 0. The second-order valence-electron chi connectivity index (χ2n) is 5.66. The summed E-state index contributed by atoms with van der Waals surface area (Å²) in [5, 5.41) is 6.06. The van der Waals surface area contributed by atoms with Crippen molar-refractivity contribution in [1.29, 1.82) is 0 Å². The number of nitrogens with one attached hydrogen (secondary N) is 2. The maximum absolute atomic E-state index is 13.5. The molecule has 11 heteroatoms. The van der Waals surface area contributed by atoms with Crippen molar-refractivity contribution in [1.82, 2.24) is 15.3 Å². The molecule has 0 amide bonds. The minimum atomic E-state index is -4.85. The Balaban J connectivity index is 1.93. The van der Waals surface area contributed by atoms with Gasteiger partial charge in [-0.2, -0.15) is 13.2 Å². The number of aromatic nitrogens is 2. The Kier molecular flexibility index (Phi) is 5.85. The molecule has 1 aromatic carbocycles. The highest BCUT2D eigenvalue weighted by atomic mass is 35.5. The molecule has 1 atom stereocenters. The number of hydrogen-bond acceptors (Lipinski definition) is 6. The first kappa shape index (κ1) is 19.8. The number of alkyl halides is 3. The quantitative estimate of drug-likeness (QED) is 0.734. The first-order valence-corrected chi connectivity index (χ1v) is 8.53. The molecule has 3 rings (SSSR count). The van der Waals surface area contributed by atoms with Gasteiger partial charge in [-0.1, -0.05) is 23.2 Å². The molecule has 2 aromatic rings. The van der Waals surface area contributed by atoms with Gasteiger partial charge in [0, 0.05) is 35.0 Å². The predicted octanol–water partition coefficient (Wildman–Crippen LogP) is 3.72. The van der Waals surface area contributed by atoms with Crippen LogP contribution in [0.25, 0.3) is 0 Å². The Bertz CT molecular complexity index is 838. The lowest BCUT2D eigenvalue weighted by atomic mass is 10.0. The summed E-state index contributed by atoms with van der Waals surface area (Å²) >= 11 is 11.7. The summed E-state index contributed by atoms with van der Waals surface area (Å²) in [5.74, 6) is -1.17. The van der Waals surface area contributed by atoms with Crippen LogP contribution < -0.4 is 10.6 Å². The molecule has 144 valence electrons. The lowest BCUT2D eigenvalue weighted by Crippen LogP contribution is -2.43. The van der Waals surface area contributed by atoms with Crippen LogP contribution in [0.2, 0.25) is 10.0 Å². The van der Waals surface area contributed by atoms with E-state index in [1.54, 1.807) is 0 Å². The standard InChI is InChI=1S/C16H13Cl2F3N4O2/c17-8-3-9(18)5-10(4-8)24-15-23-6-11(14(25-15)16(19,20)21)13(26)12-7-22-1-2-27-12/h3-6,12,22H,1-2,7H2,(H,23,24,25). The van der Waals surface area contributed by atoms with Crippen LogP contribution in [-0.4, -0.2) is 41.6 Å². The first-order chi connectivity index (χ1) is 12.7. The predicted molar refractivity (Wildman–Crippen MR) is 93.7 cm³/mol. The van der Waals surface area contributed by atoms with Crippen LogP contribution in [0.4, 0.5) is 24.8 Å². The van der Waals surface area contributed by atoms with Gasteiger partial charge in [0.25, 0.3) is 0 Å². The number of ketones is 1. The number of Topliss-reactive ketones (excluding diaryl/α,β-unsaturated/α-hetero) is 1. The Hall–Kier alpha value is -1.94. The van der Waals surface area contributed by atoms with Gasteiger partial charge in [0.05, 0.1) is 12.2 Å². The zero-order valence-electron chi connectivity index (χ0n) is 13.6. The van der Waals surface area contributed by atoms with Crippen molar-refractivity contribution in [3.05, 3.63) is 45.7 Å². The van der Waals surface area contributed by atoms with E-state index in [4.69, 9.17) is 27.9 Å². The molecule has 1 aromatic heterocycles. The highest BCUT2D eigenvalue weighted by Gasteiger charge is 2.40. The van der Waals surface area contributed by atoms with Crippen molar-refractivity contribution in [2.45, 2.75) is 12.3 Å². The van der Waals surface area contributed by atoms with Crippen LogP contribution in [0.3, 0.4) is 0 Å². The molecule has 0 spiro atoms. The van der Waals surface area contributed by atoms with E-state index in [2.05, 4.69) is 20.6 Å². The molecule has 6 nitrogen and oxygen atoms in total. The minimum absolute atomic E-state index is 0.122. The summed E-state index contributed by atoms with van der Waals surface area (Å²) in [6.07, 6.45) is -5.03. The van der Waals surface area contributed by atoms with Crippen molar-refractivity contribution in [2.24, 2.45) is 0 Å². The van der Waals surface area contributed by atoms with Crippen LogP contribution in [0.5, 0.6) is 0 Å². The molecule has 0 saturated carbocycles. The molecule has 27 heavy (non-hydrogen) atoms. The number of nitrogens with zero attached hydrogens (tertiary/aromatic N) is 2. The highest BCUT2D eigenvalue weighted by molar-refractivity contribution is 6.35. The van der Waals surface area contributed by atoms with Crippen molar-refractivity contribution in [3.63, 3.8) is 0 Å². The molecule has 1 fully saturated rings. The monoisotopic (exact) mass is 420 g/mol. The molecule has 0 aliphatic carbocycles. The Morgan fingerprint density at radius 2 is 1.96 bits per heavy atom. The maximum Gasteiger partial charge on any atom is 0.434 e.